The van der Waals surface area contributed by atoms with Crippen LogP contribution in [0.1, 0.15) is 0 Å². The first kappa shape index (κ1) is 10.4. The molecule has 66 valence electrons. The second-order valence-electron chi connectivity index (χ2n) is 1.52. The van der Waals surface area contributed by atoms with Crippen LogP contribution in [0, 0.1) is 0 Å². The first-order valence-corrected chi connectivity index (χ1v) is 4.28. The van der Waals surface area contributed by atoms with Gasteiger partial charge in [-0.2, -0.15) is 0 Å². The van der Waals surface area contributed by atoms with Crippen LogP contribution >= 0.6 is 7.82 Å². The topological polar surface area (TPSA) is 80.2 Å². The van der Waals surface area contributed by atoms with Gasteiger partial charge >= 0.3 is 7.82 Å². The molecular weight excluding hydrogens is 171 g/mol. The maximum atomic E-state index is 10.7. The van der Waals surface area contributed by atoms with Crippen molar-refractivity contribution >= 4 is 13.8 Å². The summed E-state index contributed by atoms with van der Waals surface area (Å²) in [5, 5.41) is 2.46. The van der Waals surface area contributed by atoms with Crippen molar-refractivity contribution in [3.05, 3.63) is 0 Å². The molecule has 1 unspecified atom stereocenters. The Morgan fingerprint density at radius 2 is 2.27 bits per heavy atom. The zero-order chi connectivity index (χ0) is 8.91. The minimum Gasteiger partial charge on any atom is -0.371 e. The number of hydrogen-bond acceptors (Lipinski definition) is 4. The summed E-state index contributed by atoms with van der Waals surface area (Å²) >= 11 is 0. The maximum absolute atomic E-state index is 10.7. The molecule has 1 atom stereocenters. The highest BCUT2D eigenvalue weighted by Crippen LogP contribution is 2.41. The van der Waals surface area contributed by atoms with E-state index in [9.17, 15) is 4.57 Å². The summed E-state index contributed by atoms with van der Waals surface area (Å²) < 4.78 is 19.3. The second kappa shape index (κ2) is 4.33. The van der Waals surface area contributed by atoms with Crippen molar-refractivity contribution in [2.24, 2.45) is 4.99 Å². The Morgan fingerprint density at radius 1 is 1.73 bits per heavy atom. The van der Waals surface area contributed by atoms with E-state index < -0.39 is 7.82 Å². The lowest BCUT2D eigenvalue weighted by atomic mass is 11.0. The zero-order valence-corrected chi connectivity index (χ0v) is 7.46. The molecule has 6 nitrogen and oxygen atoms in total. The third-order valence-electron chi connectivity index (χ3n) is 0.850. The maximum Gasteiger partial charge on any atom is 0.529 e. The normalized spacial score (nSPS) is 17.3. The van der Waals surface area contributed by atoms with Gasteiger partial charge in [0.2, 0.25) is 0 Å². The van der Waals surface area contributed by atoms with Gasteiger partial charge in [0, 0.05) is 21.2 Å². The van der Waals surface area contributed by atoms with Crippen molar-refractivity contribution in [1.29, 1.82) is 0 Å². The first-order chi connectivity index (χ1) is 5.05. The summed E-state index contributed by atoms with van der Waals surface area (Å²) in [6.07, 6.45) is 0. The van der Waals surface area contributed by atoms with Gasteiger partial charge in [0.05, 0.1) is 0 Å². The Kier molecular flexibility index (Phi) is 4.10. The Morgan fingerprint density at radius 3 is 2.55 bits per heavy atom. The molecule has 0 radical (unpaired) electrons. The molecule has 0 spiro atoms. The lowest BCUT2D eigenvalue weighted by Crippen LogP contribution is -2.20. The van der Waals surface area contributed by atoms with Crippen molar-refractivity contribution in [3.63, 3.8) is 0 Å². The van der Waals surface area contributed by atoms with Crippen LogP contribution in [0.2, 0.25) is 0 Å². The van der Waals surface area contributed by atoms with Crippen LogP contribution in [0.5, 0.6) is 0 Å². The summed E-state index contributed by atoms with van der Waals surface area (Å²) in [5.74, 6) is 0. The molecule has 0 rings (SSSR count). The van der Waals surface area contributed by atoms with Gasteiger partial charge in [-0.1, -0.05) is 0 Å². The predicted octanol–water partition coefficient (Wildman–Crippen LogP) is -0.0450. The highest BCUT2D eigenvalue weighted by atomic mass is 31.2. The summed E-state index contributed by atoms with van der Waals surface area (Å²) in [6, 6.07) is -0.0438. The van der Waals surface area contributed by atoms with E-state index in [-0.39, 0.29) is 6.02 Å². The van der Waals surface area contributed by atoms with Crippen LogP contribution in [-0.4, -0.2) is 32.1 Å². The second-order valence-corrected chi connectivity index (χ2v) is 3.01. The van der Waals surface area contributed by atoms with Crippen LogP contribution in [0.25, 0.3) is 0 Å². The lowest BCUT2D eigenvalue weighted by molar-refractivity contribution is 0.235. The highest BCUT2D eigenvalue weighted by molar-refractivity contribution is 7.48. The molecule has 0 bridgehead atoms. The van der Waals surface area contributed by atoms with Gasteiger partial charge < -0.3 is 9.84 Å². The molecule has 11 heavy (non-hydrogen) atoms. The number of nitrogens with one attached hydrogen (secondary N) is 1. The molecule has 0 aliphatic heterocycles. The number of aliphatic imine (C=N–C) groups is 1. The van der Waals surface area contributed by atoms with E-state index in [1.165, 1.54) is 14.1 Å². The predicted molar refractivity (Wildman–Crippen MR) is 40.3 cm³/mol. The van der Waals surface area contributed by atoms with E-state index in [4.69, 9.17) is 4.89 Å². The van der Waals surface area contributed by atoms with Crippen molar-refractivity contribution in [1.82, 2.24) is 5.32 Å². The Balaban J connectivity index is 4.13. The number of phosphoric acid groups is 1. The van der Waals surface area contributed by atoms with Crippen LogP contribution < -0.4 is 5.32 Å². The number of hydrogen-bond donors (Lipinski definition) is 2. The molecule has 0 aliphatic rings. The van der Waals surface area contributed by atoms with Crippen molar-refractivity contribution in [3.8, 4) is 0 Å². The summed E-state index contributed by atoms with van der Waals surface area (Å²) in [5.41, 5.74) is 0. The van der Waals surface area contributed by atoms with Crippen LogP contribution in [0.15, 0.2) is 4.99 Å². The van der Waals surface area contributed by atoms with Gasteiger partial charge in [-0.3, -0.25) is 9.42 Å². The van der Waals surface area contributed by atoms with Crippen molar-refractivity contribution in [2.45, 2.75) is 0 Å². The molecule has 0 aliphatic carbocycles. The average molecular weight is 182 g/mol. The van der Waals surface area contributed by atoms with E-state index in [0.717, 1.165) is 7.11 Å². The third kappa shape index (κ3) is 3.98. The molecule has 0 fully saturated rings. The smallest absolute Gasteiger partial charge is 0.371 e. The van der Waals surface area contributed by atoms with Gasteiger partial charge in [-0.05, 0) is 0 Å². The number of phosphoric ester groups is 1. The molecule has 0 aromatic heterocycles. The Hall–Kier alpha value is -0.580. The molecule has 7 heteroatoms. The molecular formula is C4H11N2O4P. The number of amidine groups is 1. The molecule has 0 aromatic rings. The Labute approximate surface area is 64.9 Å². The van der Waals surface area contributed by atoms with Crippen molar-refractivity contribution < 1.29 is 18.5 Å². The average Bonchev–Trinajstić information content (AvgIpc) is 2.00. The summed E-state index contributed by atoms with van der Waals surface area (Å²) in [4.78, 5) is 12.3. The van der Waals surface area contributed by atoms with Crippen LogP contribution in [-0.2, 0) is 13.6 Å². The van der Waals surface area contributed by atoms with E-state index in [1.807, 2.05) is 0 Å². The van der Waals surface area contributed by atoms with Crippen molar-refractivity contribution in [2.75, 3.05) is 21.2 Å². The molecule has 0 saturated carbocycles. The van der Waals surface area contributed by atoms with Gasteiger partial charge in [0.25, 0.3) is 6.02 Å². The minimum atomic E-state index is -3.96. The molecule has 0 saturated heterocycles. The molecule has 0 heterocycles. The number of nitrogens with zero attached hydrogens (tertiary/aromatic N) is 1. The first-order valence-electron chi connectivity index (χ1n) is 2.78. The van der Waals surface area contributed by atoms with E-state index in [1.54, 1.807) is 0 Å². The van der Waals surface area contributed by atoms with Crippen LogP contribution in [0.4, 0.5) is 0 Å². The lowest BCUT2D eigenvalue weighted by Gasteiger charge is -2.10. The Bertz CT molecular complexity index is 193. The van der Waals surface area contributed by atoms with E-state index >= 15 is 0 Å². The van der Waals surface area contributed by atoms with E-state index in [2.05, 4.69) is 19.4 Å². The summed E-state index contributed by atoms with van der Waals surface area (Å²) in [7, 11) is 0.0473. The molecule has 2 N–H and O–H groups in total. The monoisotopic (exact) mass is 182 g/mol. The fourth-order valence-electron chi connectivity index (χ4n) is 0.345. The number of rotatable bonds is 2. The van der Waals surface area contributed by atoms with E-state index in [0.29, 0.717) is 0 Å². The van der Waals surface area contributed by atoms with Gasteiger partial charge in [-0.25, -0.2) is 9.56 Å². The van der Waals surface area contributed by atoms with Gasteiger partial charge in [-0.15, -0.1) is 0 Å². The summed E-state index contributed by atoms with van der Waals surface area (Å²) in [6.45, 7) is 0. The van der Waals surface area contributed by atoms with Gasteiger partial charge in [0.15, 0.2) is 0 Å². The fraction of sp³-hybridized carbons (Fsp3) is 0.750. The zero-order valence-electron chi connectivity index (χ0n) is 6.57. The quantitative estimate of drug-likeness (QED) is 0.355. The molecule has 0 aromatic carbocycles. The highest BCUT2D eigenvalue weighted by Gasteiger charge is 2.21. The van der Waals surface area contributed by atoms with Crippen LogP contribution in [0.3, 0.4) is 0 Å². The largest absolute Gasteiger partial charge is 0.529 e. The van der Waals surface area contributed by atoms with Gasteiger partial charge in [0.1, 0.15) is 0 Å². The SMILES string of the molecule is CN=C(NC)OP(=O)(O)OC. The third-order valence-corrected chi connectivity index (χ3v) is 1.71. The standard InChI is InChI=1S/C4H11N2O4P/c1-5-4(6-2)10-11(7,8)9-3/h1-3H3,(H,5,6)(H,7,8). The minimum absolute atomic E-state index is 0.0438. The fourth-order valence-corrected chi connectivity index (χ4v) is 0.811. The molecule has 0 amide bonds.